The predicted octanol–water partition coefficient (Wildman–Crippen LogP) is 2.31. The molecule has 0 amide bonds. The van der Waals surface area contributed by atoms with Crippen LogP contribution < -0.4 is 0 Å². The van der Waals surface area contributed by atoms with E-state index in [4.69, 9.17) is 10.00 Å². The fourth-order valence-electron chi connectivity index (χ4n) is 0.998. The molecule has 5 heteroatoms. The fourth-order valence-corrected chi connectivity index (χ4v) is 1.36. The maximum atomic E-state index is 11.3. The smallest absolute Gasteiger partial charge is 0.348 e. The number of pyridine rings is 1. The molecular formula is C11H9BrN2O2. The third-order valence-corrected chi connectivity index (χ3v) is 2.09. The minimum atomic E-state index is -0.633. The maximum absolute atomic E-state index is 11.3. The Hall–Kier alpha value is -1.67. The Morgan fingerprint density at radius 1 is 1.69 bits per heavy atom. The van der Waals surface area contributed by atoms with Gasteiger partial charge in [0.25, 0.3) is 0 Å². The van der Waals surface area contributed by atoms with Crippen LogP contribution in [0.5, 0.6) is 0 Å². The lowest BCUT2D eigenvalue weighted by Gasteiger charge is -1.99. The Labute approximate surface area is 102 Å². The van der Waals surface area contributed by atoms with Gasteiger partial charge in [-0.1, -0.05) is 6.07 Å². The number of esters is 1. The van der Waals surface area contributed by atoms with Crippen molar-refractivity contribution < 1.29 is 9.53 Å². The van der Waals surface area contributed by atoms with Crippen molar-refractivity contribution in [2.75, 3.05) is 6.61 Å². The zero-order valence-electron chi connectivity index (χ0n) is 8.61. The molecule has 0 atom stereocenters. The van der Waals surface area contributed by atoms with Crippen LogP contribution in [-0.2, 0) is 9.53 Å². The molecule has 0 saturated heterocycles. The quantitative estimate of drug-likeness (QED) is 0.369. The van der Waals surface area contributed by atoms with Gasteiger partial charge in [-0.05, 0) is 41.1 Å². The molecule has 0 aliphatic carbocycles. The van der Waals surface area contributed by atoms with Crippen LogP contribution in [0.25, 0.3) is 6.08 Å². The van der Waals surface area contributed by atoms with E-state index < -0.39 is 5.97 Å². The molecule has 0 fully saturated rings. The van der Waals surface area contributed by atoms with E-state index in [1.165, 1.54) is 6.08 Å². The van der Waals surface area contributed by atoms with Crippen LogP contribution in [0.4, 0.5) is 0 Å². The monoisotopic (exact) mass is 280 g/mol. The molecule has 0 N–H and O–H groups in total. The highest BCUT2D eigenvalue weighted by Crippen LogP contribution is 2.10. The van der Waals surface area contributed by atoms with E-state index in [0.29, 0.717) is 10.3 Å². The van der Waals surface area contributed by atoms with Crippen molar-refractivity contribution in [3.8, 4) is 6.07 Å². The Kier molecular flexibility index (Phi) is 4.67. The van der Waals surface area contributed by atoms with Gasteiger partial charge in [0, 0.05) is 0 Å². The van der Waals surface area contributed by atoms with E-state index in [9.17, 15) is 4.79 Å². The van der Waals surface area contributed by atoms with E-state index in [1.54, 1.807) is 31.2 Å². The molecule has 1 heterocycles. The number of nitrogens with zero attached hydrogens (tertiary/aromatic N) is 2. The van der Waals surface area contributed by atoms with E-state index in [-0.39, 0.29) is 12.2 Å². The van der Waals surface area contributed by atoms with Gasteiger partial charge in [-0.15, -0.1) is 0 Å². The third-order valence-electron chi connectivity index (χ3n) is 1.64. The molecule has 0 aromatic carbocycles. The molecule has 0 unspecified atom stereocenters. The van der Waals surface area contributed by atoms with Crippen molar-refractivity contribution >= 4 is 28.0 Å². The van der Waals surface area contributed by atoms with E-state index in [2.05, 4.69) is 20.9 Å². The molecular weight excluding hydrogens is 272 g/mol. The van der Waals surface area contributed by atoms with Crippen LogP contribution in [0.1, 0.15) is 12.6 Å². The first-order valence-electron chi connectivity index (χ1n) is 4.59. The third kappa shape index (κ3) is 3.48. The second-order valence-corrected chi connectivity index (χ2v) is 3.59. The number of hydrogen-bond acceptors (Lipinski definition) is 4. The van der Waals surface area contributed by atoms with Gasteiger partial charge in [-0.3, -0.25) is 0 Å². The molecule has 0 bridgehead atoms. The molecule has 0 radical (unpaired) electrons. The van der Waals surface area contributed by atoms with Gasteiger partial charge in [-0.2, -0.15) is 5.26 Å². The number of ether oxygens (including phenoxy) is 1. The van der Waals surface area contributed by atoms with Crippen molar-refractivity contribution in [3.63, 3.8) is 0 Å². The van der Waals surface area contributed by atoms with Crippen LogP contribution in [-0.4, -0.2) is 17.6 Å². The molecule has 82 valence electrons. The summed E-state index contributed by atoms with van der Waals surface area (Å²) in [6.45, 7) is 1.92. The number of aromatic nitrogens is 1. The van der Waals surface area contributed by atoms with Crippen LogP contribution in [0.15, 0.2) is 28.4 Å². The van der Waals surface area contributed by atoms with E-state index in [0.717, 1.165) is 0 Å². The first-order chi connectivity index (χ1) is 7.67. The standard InChI is InChI=1S/C11H9BrN2O2/c1-2-16-11(15)8(7-13)6-9-4-3-5-10(12)14-9/h3-6H,2H2,1H3/b8-6+. The van der Waals surface area contributed by atoms with Crippen molar-refractivity contribution in [1.29, 1.82) is 5.26 Å². The number of carbonyl (C=O) groups is 1. The summed E-state index contributed by atoms with van der Waals surface area (Å²) in [4.78, 5) is 15.4. The van der Waals surface area contributed by atoms with Gasteiger partial charge in [0.1, 0.15) is 16.2 Å². The van der Waals surface area contributed by atoms with Gasteiger partial charge in [0.15, 0.2) is 0 Å². The van der Waals surface area contributed by atoms with Gasteiger partial charge < -0.3 is 4.74 Å². The van der Waals surface area contributed by atoms with Crippen molar-refractivity contribution in [2.45, 2.75) is 6.92 Å². The van der Waals surface area contributed by atoms with Crippen molar-refractivity contribution in [2.24, 2.45) is 0 Å². The molecule has 0 saturated carbocycles. The van der Waals surface area contributed by atoms with Gasteiger partial charge in [0.2, 0.25) is 0 Å². The average Bonchev–Trinajstić information content (AvgIpc) is 2.26. The Morgan fingerprint density at radius 2 is 2.44 bits per heavy atom. The number of halogens is 1. The molecule has 1 aromatic rings. The van der Waals surface area contributed by atoms with E-state index in [1.807, 2.05) is 0 Å². The van der Waals surface area contributed by atoms with Gasteiger partial charge >= 0.3 is 5.97 Å². The van der Waals surface area contributed by atoms with Crippen LogP contribution in [0.3, 0.4) is 0 Å². The van der Waals surface area contributed by atoms with Gasteiger partial charge in [-0.25, -0.2) is 9.78 Å². The molecule has 1 aromatic heterocycles. The molecule has 1 rings (SSSR count). The second kappa shape index (κ2) is 6.03. The normalized spacial score (nSPS) is 10.7. The zero-order valence-corrected chi connectivity index (χ0v) is 10.2. The lowest BCUT2D eigenvalue weighted by molar-refractivity contribution is -0.137. The summed E-state index contributed by atoms with van der Waals surface area (Å²) >= 11 is 3.20. The molecule has 0 aliphatic heterocycles. The topological polar surface area (TPSA) is 63.0 Å². The maximum Gasteiger partial charge on any atom is 0.348 e. The number of carbonyl (C=O) groups excluding carboxylic acids is 1. The zero-order chi connectivity index (χ0) is 12.0. The van der Waals surface area contributed by atoms with Crippen LogP contribution in [0, 0.1) is 11.3 Å². The van der Waals surface area contributed by atoms with Crippen LogP contribution in [0.2, 0.25) is 0 Å². The number of nitriles is 1. The molecule has 0 spiro atoms. The fraction of sp³-hybridized carbons (Fsp3) is 0.182. The molecule has 16 heavy (non-hydrogen) atoms. The molecule has 4 nitrogen and oxygen atoms in total. The molecule has 0 aliphatic rings. The van der Waals surface area contributed by atoms with E-state index >= 15 is 0 Å². The summed E-state index contributed by atoms with van der Waals surface area (Å²) in [5.74, 6) is -0.633. The van der Waals surface area contributed by atoms with Crippen molar-refractivity contribution in [1.82, 2.24) is 4.98 Å². The summed E-state index contributed by atoms with van der Waals surface area (Å²) in [6, 6.07) is 7.01. The predicted molar refractivity (Wildman–Crippen MR) is 62.2 cm³/mol. The first-order valence-corrected chi connectivity index (χ1v) is 5.38. The highest BCUT2D eigenvalue weighted by atomic mass is 79.9. The Bertz CT molecular complexity index is 463. The highest BCUT2D eigenvalue weighted by molar-refractivity contribution is 9.10. The summed E-state index contributed by atoms with van der Waals surface area (Å²) < 4.78 is 5.37. The largest absolute Gasteiger partial charge is 0.462 e. The summed E-state index contributed by atoms with van der Waals surface area (Å²) in [5, 5.41) is 8.80. The second-order valence-electron chi connectivity index (χ2n) is 2.78. The minimum Gasteiger partial charge on any atom is -0.462 e. The van der Waals surface area contributed by atoms with Crippen LogP contribution >= 0.6 is 15.9 Å². The lowest BCUT2D eigenvalue weighted by Crippen LogP contribution is -2.06. The summed E-state index contributed by atoms with van der Waals surface area (Å²) in [5.41, 5.74) is 0.464. The Balaban J connectivity index is 2.97. The lowest BCUT2D eigenvalue weighted by atomic mass is 10.2. The minimum absolute atomic E-state index is 0.0625. The Morgan fingerprint density at radius 3 is 3.00 bits per heavy atom. The SMILES string of the molecule is CCOC(=O)/C(C#N)=C/c1cccc(Br)n1. The number of hydrogen-bond donors (Lipinski definition) is 0. The van der Waals surface area contributed by atoms with Crippen molar-refractivity contribution in [3.05, 3.63) is 34.1 Å². The highest BCUT2D eigenvalue weighted by Gasteiger charge is 2.09. The first kappa shape index (κ1) is 12.4. The number of rotatable bonds is 3. The summed E-state index contributed by atoms with van der Waals surface area (Å²) in [6.07, 6.45) is 1.39. The summed E-state index contributed by atoms with van der Waals surface area (Å²) in [7, 11) is 0. The average molecular weight is 281 g/mol. The van der Waals surface area contributed by atoms with Gasteiger partial charge in [0.05, 0.1) is 12.3 Å².